The molecule has 2 heterocycles. The van der Waals surface area contributed by atoms with E-state index in [9.17, 15) is 4.79 Å². The number of piperidine rings is 1. The highest BCUT2D eigenvalue weighted by Crippen LogP contribution is 2.26. The van der Waals surface area contributed by atoms with E-state index in [4.69, 9.17) is 0 Å². The zero-order chi connectivity index (χ0) is 15.6. The van der Waals surface area contributed by atoms with Crippen LogP contribution in [0.3, 0.4) is 0 Å². The fraction of sp³-hybridized carbons (Fsp3) is 0.647. The molecule has 4 nitrogen and oxygen atoms in total. The molecular weight excluding hydrogens is 262 g/mol. The van der Waals surface area contributed by atoms with Crippen LogP contribution in [0.15, 0.2) is 18.3 Å². The molecule has 1 aliphatic heterocycles. The first-order valence-electron chi connectivity index (χ1n) is 7.74. The Hall–Kier alpha value is -1.58. The van der Waals surface area contributed by atoms with Gasteiger partial charge in [0.05, 0.1) is 0 Å². The molecule has 116 valence electrons. The van der Waals surface area contributed by atoms with Gasteiger partial charge in [0.2, 0.25) is 5.91 Å². The lowest BCUT2D eigenvalue weighted by Crippen LogP contribution is -2.48. The third kappa shape index (κ3) is 3.74. The van der Waals surface area contributed by atoms with E-state index in [1.807, 2.05) is 25.1 Å². The summed E-state index contributed by atoms with van der Waals surface area (Å²) < 4.78 is 0. The van der Waals surface area contributed by atoms with E-state index in [0.717, 1.165) is 31.6 Å². The van der Waals surface area contributed by atoms with Crippen LogP contribution in [0.1, 0.15) is 39.3 Å². The summed E-state index contributed by atoms with van der Waals surface area (Å²) >= 11 is 0. The van der Waals surface area contributed by atoms with Crippen molar-refractivity contribution in [2.24, 2.45) is 5.92 Å². The number of amides is 1. The van der Waals surface area contributed by atoms with Gasteiger partial charge in [-0.2, -0.15) is 0 Å². The van der Waals surface area contributed by atoms with Gasteiger partial charge in [-0.1, -0.05) is 0 Å². The predicted octanol–water partition coefficient (Wildman–Crippen LogP) is 2.86. The maximum Gasteiger partial charge on any atom is 0.225 e. The lowest BCUT2D eigenvalue weighted by molar-refractivity contribution is -0.139. The molecule has 2 rings (SSSR count). The second kappa shape index (κ2) is 6.04. The number of anilines is 1. The summed E-state index contributed by atoms with van der Waals surface area (Å²) in [6.45, 7) is 10.1. The Morgan fingerprint density at radius 1 is 1.33 bits per heavy atom. The first-order valence-corrected chi connectivity index (χ1v) is 7.74. The minimum atomic E-state index is -0.101. The highest BCUT2D eigenvalue weighted by molar-refractivity contribution is 5.79. The van der Waals surface area contributed by atoms with Gasteiger partial charge in [-0.3, -0.25) is 9.78 Å². The van der Waals surface area contributed by atoms with Crippen molar-refractivity contribution in [2.45, 2.75) is 46.1 Å². The molecule has 1 aliphatic rings. The Labute approximate surface area is 128 Å². The highest BCUT2D eigenvalue weighted by Gasteiger charge is 2.31. The monoisotopic (exact) mass is 289 g/mol. The van der Waals surface area contributed by atoms with E-state index < -0.39 is 0 Å². The van der Waals surface area contributed by atoms with Crippen LogP contribution in [0.2, 0.25) is 0 Å². The zero-order valence-electron chi connectivity index (χ0n) is 13.9. The SMILES string of the molecule is Cc1cc(N2CCC(C(=O)N(C)C(C)(C)C)CC2)ccn1. The van der Waals surface area contributed by atoms with Crippen molar-refractivity contribution in [3.8, 4) is 0 Å². The van der Waals surface area contributed by atoms with Crippen LogP contribution in [0.4, 0.5) is 5.69 Å². The number of hydrogen-bond acceptors (Lipinski definition) is 3. The number of pyridine rings is 1. The molecule has 0 unspecified atom stereocenters. The lowest BCUT2D eigenvalue weighted by atomic mass is 9.93. The topological polar surface area (TPSA) is 36.4 Å². The van der Waals surface area contributed by atoms with Crippen LogP contribution >= 0.6 is 0 Å². The standard InChI is InChI=1S/C17H27N3O/c1-13-12-15(6-9-18-13)20-10-7-14(8-11-20)16(21)19(5)17(2,3)4/h6,9,12,14H,7-8,10-11H2,1-5H3. The molecule has 0 N–H and O–H groups in total. The number of carbonyl (C=O) groups excluding carboxylic acids is 1. The van der Waals surface area contributed by atoms with E-state index >= 15 is 0 Å². The second-order valence-corrected chi connectivity index (χ2v) is 6.98. The Bertz CT molecular complexity index is 499. The molecule has 0 aromatic carbocycles. The first kappa shape index (κ1) is 15.8. The molecule has 0 saturated carbocycles. The van der Waals surface area contributed by atoms with E-state index in [2.05, 4.69) is 42.8 Å². The van der Waals surface area contributed by atoms with E-state index in [1.165, 1.54) is 5.69 Å². The van der Waals surface area contributed by atoms with Crippen molar-refractivity contribution in [2.75, 3.05) is 25.0 Å². The third-order valence-corrected chi connectivity index (χ3v) is 4.43. The molecule has 21 heavy (non-hydrogen) atoms. The molecule has 0 radical (unpaired) electrons. The second-order valence-electron chi connectivity index (χ2n) is 6.98. The van der Waals surface area contributed by atoms with Crippen molar-refractivity contribution in [3.63, 3.8) is 0 Å². The summed E-state index contributed by atoms with van der Waals surface area (Å²) in [6.07, 6.45) is 3.72. The van der Waals surface area contributed by atoms with Crippen LogP contribution in [-0.2, 0) is 4.79 Å². The summed E-state index contributed by atoms with van der Waals surface area (Å²) in [6, 6.07) is 4.17. The van der Waals surface area contributed by atoms with Crippen LogP contribution in [-0.4, -0.2) is 41.5 Å². The van der Waals surface area contributed by atoms with Crippen molar-refractivity contribution in [1.82, 2.24) is 9.88 Å². The number of nitrogens with zero attached hydrogens (tertiary/aromatic N) is 3. The highest BCUT2D eigenvalue weighted by atomic mass is 16.2. The van der Waals surface area contributed by atoms with Crippen molar-refractivity contribution >= 4 is 11.6 Å². The molecule has 1 aromatic heterocycles. The largest absolute Gasteiger partial charge is 0.371 e. The molecule has 1 amide bonds. The van der Waals surface area contributed by atoms with E-state index in [1.54, 1.807) is 0 Å². The summed E-state index contributed by atoms with van der Waals surface area (Å²) in [7, 11) is 1.92. The van der Waals surface area contributed by atoms with Crippen molar-refractivity contribution in [3.05, 3.63) is 24.0 Å². The van der Waals surface area contributed by atoms with Crippen LogP contribution < -0.4 is 4.90 Å². The smallest absolute Gasteiger partial charge is 0.225 e. The Kier molecular flexibility index (Phi) is 4.55. The van der Waals surface area contributed by atoms with Gasteiger partial charge < -0.3 is 9.80 Å². The van der Waals surface area contributed by atoms with Gasteiger partial charge in [0.25, 0.3) is 0 Å². The average Bonchev–Trinajstić information content (AvgIpc) is 2.45. The van der Waals surface area contributed by atoms with Gasteiger partial charge in [-0.05, 0) is 52.7 Å². The van der Waals surface area contributed by atoms with E-state index in [0.29, 0.717) is 0 Å². The number of rotatable bonds is 2. The zero-order valence-corrected chi connectivity index (χ0v) is 13.9. The number of aromatic nitrogens is 1. The van der Waals surface area contributed by atoms with Gasteiger partial charge in [0.15, 0.2) is 0 Å². The van der Waals surface area contributed by atoms with Crippen LogP contribution in [0, 0.1) is 12.8 Å². The molecule has 1 aromatic rings. The minimum absolute atomic E-state index is 0.101. The van der Waals surface area contributed by atoms with Gasteiger partial charge in [0.1, 0.15) is 0 Å². The summed E-state index contributed by atoms with van der Waals surface area (Å²) in [5.41, 5.74) is 2.16. The quantitative estimate of drug-likeness (QED) is 0.840. The Morgan fingerprint density at radius 2 is 1.95 bits per heavy atom. The fourth-order valence-electron chi connectivity index (χ4n) is 2.72. The van der Waals surface area contributed by atoms with E-state index in [-0.39, 0.29) is 17.4 Å². The van der Waals surface area contributed by atoms with Crippen LogP contribution in [0.5, 0.6) is 0 Å². The molecular formula is C17H27N3O. The average molecular weight is 289 g/mol. The molecule has 0 aliphatic carbocycles. The summed E-state index contributed by atoms with van der Waals surface area (Å²) in [5, 5.41) is 0. The first-order chi connectivity index (χ1) is 9.79. The summed E-state index contributed by atoms with van der Waals surface area (Å²) in [4.78, 5) is 21.0. The summed E-state index contributed by atoms with van der Waals surface area (Å²) in [5.74, 6) is 0.446. The predicted molar refractivity (Wildman–Crippen MR) is 86.4 cm³/mol. The number of aryl methyl sites for hydroxylation is 1. The van der Waals surface area contributed by atoms with Gasteiger partial charge >= 0.3 is 0 Å². The Morgan fingerprint density at radius 3 is 2.48 bits per heavy atom. The number of hydrogen-bond donors (Lipinski definition) is 0. The minimum Gasteiger partial charge on any atom is -0.371 e. The maximum atomic E-state index is 12.5. The van der Waals surface area contributed by atoms with Gasteiger partial charge in [0, 0.05) is 49.2 Å². The third-order valence-electron chi connectivity index (χ3n) is 4.43. The van der Waals surface area contributed by atoms with Gasteiger partial charge in [-0.15, -0.1) is 0 Å². The number of carbonyl (C=O) groups is 1. The molecule has 0 spiro atoms. The lowest BCUT2D eigenvalue weighted by Gasteiger charge is -2.38. The van der Waals surface area contributed by atoms with Crippen molar-refractivity contribution in [1.29, 1.82) is 0 Å². The fourth-order valence-corrected chi connectivity index (χ4v) is 2.72. The molecule has 0 atom stereocenters. The maximum absolute atomic E-state index is 12.5. The normalized spacial score (nSPS) is 16.9. The molecule has 0 bridgehead atoms. The van der Waals surface area contributed by atoms with Crippen LogP contribution in [0.25, 0.3) is 0 Å². The van der Waals surface area contributed by atoms with Gasteiger partial charge in [-0.25, -0.2) is 0 Å². The molecule has 4 heteroatoms. The molecule has 1 saturated heterocycles. The Balaban J connectivity index is 1.96. The van der Waals surface area contributed by atoms with Crippen molar-refractivity contribution < 1.29 is 4.79 Å². The molecule has 1 fully saturated rings.